The lowest BCUT2D eigenvalue weighted by Gasteiger charge is -2.23. The molecular formula is C18H22N2O3S. The number of carbonyl (C=O) groups is 1. The summed E-state index contributed by atoms with van der Waals surface area (Å²) in [5.41, 5.74) is 2.38. The van der Waals surface area contributed by atoms with Crippen LogP contribution in [0.1, 0.15) is 24.1 Å². The van der Waals surface area contributed by atoms with Gasteiger partial charge in [0.25, 0.3) is 0 Å². The molecule has 6 heteroatoms. The van der Waals surface area contributed by atoms with Crippen LogP contribution in [-0.2, 0) is 14.8 Å². The molecule has 0 fully saturated rings. The summed E-state index contributed by atoms with van der Waals surface area (Å²) in [5, 5.41) is 2.84. The van der Waals surface area contributed by atoms with Crippen molar-refractivity contribution < 1.29 is 13.2 Å². The highest BCUT2D eigenvalue weighted by Crippen LogP contribution is 2.19. The normalized spacial score (nSPS) is 12.5. The van der Waals surface area contributed by atoms with Gasteiger partial charge >= 0.3 is 0 Å². The zero-order valence-electron chi connectivity index (χ0n) is 14.1. The van der Waals surface area contributed by atoms with Gasteiger partial charge in [0.15, 0.2) is 0 Å². The second-order valence-corrected chi connectivity index (χ2v) is 7.72. The van der Waals surface area contributed by atoms with Gasteiger partial charge in [0.1, 0.15) is 6.54 Å². The molecule has 0 heterocycles. The molecule has 1 amide bonds. The quantitative estimate of drug-likeness (QED) is 0.874. The third-order valence-electron chi connectivity index (χ3n) is 3.65. The van der Waals surface area contributed by atoms with E-state index in [0.717, 1.165) is 21.7 Å². The molecular weight excluding hydrogens is 324 g/mol. The Morgan fingerprint density at radius 3 is 2.38 bits per heavy atom. The molecule has 0 unspecified atom stereocenters. The van der Waals surface area contributed by atoms with Gasteiger partial charge in [0.2, 0.25) is 15.9 Å². The molecule has 5 nitrogen and oxygen atoms in total. The lowest BCUT2D eigenvalue weighted by atomic mass is 10.1. The molecule has 2 aromatic rings. The van der Waals surface area contributed by atoms with E-state index in [4.69, 9.17) is 0 Å². The van der Waals surface area contributed by atoms with Crippen molar-refractivity contribution in [3.63, 3.8) is 0 Å². The van der Waals surface area contributed by atoms with E-state index < -0.39 is 10.0 Å². The lowest BCUT2D eigenvalue weighted by molar-refractivity contribution is -0.120. The molecule has 24 heavy (non-hydrogen) atoms. The number of hydrogen-bond acceptors (Lipinski definition) is 3. The molecule has 0 saturated heterocycles. The molecule has 2 aromatic carbocycles. The molecule has 0 aromatic heterocycles. The van der Waals surface area contributed by atoms with E-state index >= 15 is 0 Å². The molecule has 0 radical (unpaired) electrons. The Balaban J connectivity index is 2.14. The monoisotopic (exact) mass is 346 g/mol. The molecule has 0 aliphatic heterocycles. The van der Waals surface area contributed by atoms with Crippen LogP contribution in [0, 0.1) is 6.92 Å². The van der Waals surface area contributed by atoms with Gasteiger partial charge in [-0.3, -0.25) is 9.10 Å². The van der Waals surface area contributed by atoms with Crippen molar-refractivity contribution in [2.24, 2.45) is 0 Å². The number of rotatable bonds is 6. The van der Waals surface area contributed by atoms with Crippen LogP contribution >= 0.6 is 0 Å². The van der Waals surface area contributed by atoms with E-state index in [0.29, 0.717) is 5.69 Å². The number of anilines is 1. The molecule has 128 valence electrons. The van der Waals surface area contributed by atoms with E-state index in [1.165, 1.54) is 0 Å². The van der Waals surface area contributed by atoms with E-state index in [2.05, 4.69) is 5.32 Å². The highest BCUT2D eigenvalue weighted by molar-refractivity contribution is 7.92. The van der Waals surface area contributed by atoms with E-state index in [1.807, 2.05) is 50.2 Å². The zero-order valence-corrected chi connectivity index (χ0v) is 14.9. The number of nitrogens with one attached hydrogen (secondary N) is 1. The largest absolute Gasteiger partial charge is 0.348 e. The number of carbonyl (C=O) groups excluding carboxylic acids is 1. The van der Waals surface area contributed by atoms with Gasteiger partial charge in [0, 0.05) is 0 Å². The topological polar surface area (TPSA) is 66.5 Å². The van der Waals surface area contributed by atoms with Gasteiger partial charge in [-0.05, 0) is 37.1 Å². The highest BCUT2D eigenvalue weighted by Gasteiger charge is 2.21. The Kier molecular flexibility index (Phi) is 5.62. The molecule has 0 aliphatic rings. The first-order valence-electron chi connectivity index (χ1n) is 7.66. The molecule has 0 spiro atoms. The zero-order chi connectivity index (χ0) is 17.7. The minimum Gasteiger partial charge on any atom is -0.348 e. The Morgan fingerprint density at radius 2 is 1.79 bits per heavy atom. The first-order chi connectivity index (χ1) is 11.3. The molecule has 2 rings (SSSR count). The SMILES string of the molecule is Cc1cccc(N(CC(=O)N[C@H](C)c2ccccc2)S(C)(=O)=O)c1. The second kappa shape index (κ2) is 7.49. The Morgan fingerprint density at radius 1 is 1.12 bits per heavy atom. The fourth-order valence-electron chi connectivity index (χ4n) is 2.43. The molecule has 0 saturated carbocycles. The van der Waals surface area contributed by atoms with E-state index in [-0.39, 0.29) is 18.5 Å². The summed E-state index contributed by atoms with van der Waals surface area (Å²) >= 11 is 0. The maximum atomic E-state index is 12.3. The summed E-state index contributed by atoms with van der Waals surface area (Å²) in [6.45, 7) is 3.49. The fraction of sp³-hybridized carbons (Fsp3) is 0.278. The maximum Gasteiger partial charge on any atom is 0.241 e. The Labute approximate surface area is 143 Å². The van der Waals surface area contributed by atoms with Crippen molar-refractivity contribution >= 4 is 21.6 Å². The van der Waals surface area contributed by atoms with Crippen LogP contribution in [0.4, 0.5) is 5.69 Å². The minimum absolute atomic E-state index is 0.197. The van der Waals surface area contributed by atoms with Crippen LogP contribution in [0.2, 0.25) is 0 Å². The van der Waals surface area contributed by atoms with Crippen LogP contribution in [0.15, 0.2) is 54.6 Å². The van der Waals surface area contributed by atoms with E-state index in [9.17, 15) is 13.2 Å². The summed E-state index contributed by atoms with van der Waals surface area (Å²) < 4.78 is 25.3. The van der Waals surface area contributed by atoms with Gasteiger partial charge < -0.3 is 5.32 Å². The summed E-state index contributed by atoms with van der Waals surface area (Å²) in [6, 6.07) is 16.4. The third kappa shape index (κ3) is 4.83. The van der Waals surface area contributed by atoms with E-state index in [1.54, 1.807) is 18.2 Å². The summed E-state index contributed by atoms with van der Waals surface area (Å²) in [5.74, 6) is -0.349. The second-order valence-electron chi connectivity index (χ2n) is 5.81. The van der Waals surface area contributed by atoms with Gasteiger partial charge in [-0.2, -0.15) is 0 Å². The van der Waals surface area contributed by atoms with Gasteiger partial charge in [0.05, 0.1) is 18.0 Å². The van der Waals surface area contributed by atoms with Gasteiger partial charge in [-0.15, -0.1) is 0 Å². The van der Waals surface area contributed by atoms with Crippen molar-refractivity contribution in [1.82, 2.24) is 5.32 Å². The number of sulfonamides is 1. The minimum atomic E-state index is -3.56. The number of hydrogen-bond donors (Lipinski definition) is 1. The van der Waals surface area contributed by atoms with Crippen LogP contribution in [0.3, 0.4) is 0 Å². The summed E-state index contributed by atoms with van der Waals surface area (Å²) in [7, 11) is -3.56. The third-order valence-corrected chi connectivity index (χ3v) is 4.79. The van der Waals surface area contributed by atoms with Crippen molar-refractivity contribution in [3.8, 4) is 0 Å². The summed E-state index contributed by atoms with van der Waals surface area (Å²) in [4.78, 5) is 12.3. The Bertz CT molecular complexity index is 804. The van der Waals surface area contributed by atoms with Crippen LogP contribution in [-0.4, -0.2) is 27.1 Å². The lowest BCUT2D eigenvalue weighted by Crippen LogP contribution is -2.41. The smallest absolute Gasteiger partial charge is 0.241 e. The first-order valence-corrected chi connectivity index (χ1v) is 9.51. The van der Waals surface area contributed by atoms with Crippen molar-refractivity contribution in [3.05, 3.63) is 65.7 Å². The molecule has 0 bridgehead atoms. The van der Waals surface area contributed by atoms with Crippen molar-refractivity contribution in [1.29, 1.82) is 0 Å². The predicted molar refractivity (Wildman–Crippen MR) is 96.4 cm³/mol. The van der Waals surface area contributed by atoms with Crippen LogP contribution in [0.25, 0.3) is 0 Å². The number of amides is 1. The van der Waals surface area contributed by atoms with Crippen molar-refractivity contribution in [2.45, 2.75) is 19.9 Å². The fourth-order valence-corrected chi connectivity index (χ4v) is 3.27. The van der Waals surface area contributed by atoms with Gasteiger partial charge in [-0.25, -0.2) is 8.42 Å². The average molecular weight is 346 g/mol. The average Bonchev–Trinajstić information content (AvgIpc) is 2.52. The maximum absolute atomic E-state index is 12.3. The standard InChI is InChI=1S/C18H22N2O3S/c1-14-8-7-11-17(12-14)20(24(3,22)23)13-18(21)19-15(2)16-9-5-4-6-10-16/h4-12,15H,13H2,1-3H3,(H,19,21)/t15-/m1/s1. The molecule has 1 N–H and O–H groups in total. The van der Waals surface area contributed by atoms with Crippen molar-refractivity contribution in [2.75, 3.05) is 17.1 Å². The van der Waals surface area contributed by atoms with Gasteiger partial charge in [-0.1, -0.05) is 42.5 Å². The number of aryl methyl sites for hydroxylation is 1. The number of nitrogens with zero attached hydrogens (tertiary/aromatic N) is 1. The number of benzene rings is 2. The predicted octanol–water partition coefficient (Wildman–Crippen LogP) is 2.64. The highest BCUT2D eigenvalue weighted by atomic mass is 32.2. The summed E-state index contributed by atoms with van der Waals surface area (Å²) in [6.07, 6.45) is 1.10. The Hall–Kier alpha value is -2.34. The molecule has 1 atom stereocenters. The van der Waals surface area contributed by atoms with Crippen LogP contribution < -0.4 is 9.62 Å². The van der Waals surface area contributed by atoms with Crippen LogP contribution in [0.5, 0.6) is 0 Å². The first kappa shape index (κ1) is 18.0. The molecule has 0 aliphatic carbocycles.